The molecule has 5 aliphatic rings. The highest BCUT2D eigenvalue weighted by atomic mass is 79.9. The molecule has 3 fully saturated rings. The maximum Gasteiger partial charge on any atom is 0.219 e. The highest BCUT2D eigenvalue weighted by Gasteiger charge is 2.73. The molecule has 3 unspecified atom stereocenters. The molecule has 192 valence electrons. The first kappa shape index (κ1) is 24.0. The number of alkyl halides is 1. The second kappa shape index (κ2) is 8.70. The molecule has 2 bridgehead atoms. The molecular weight excluding hydrogens is 586 g/mol. The van der Waals surface area contributed by atoms with Gasteiger partial charge in [-0.2, -0.15) is 0 Å². The predicted molar refractivity (Wildman–Crippen MR) is 145 cm³/mol. The van der Waals surface area contributed by atoms with Crippen LogP contribution in [0, 0.1) is 11.8 Å². The van der Waals surface area contributed by atoms with Crippen molar-refractivity contribution in [2.75, 3.05) is 27.3 Å². The van der Waals surface area contributed by atoms with Crippen molar-refractivity contribution in [3.05, 3.63) is 57.6 Å². The van der Waals surface area contributed by atoms with Crippen LogP contribution in [0.15, 0.2) is 40.9 Å². The zero-order chi connectivity index (χ0) is 24.7. The first-order valence-electron chi connectivity index (χ1n) is 13.2. The maximum absolute atomic E-state index is 7.01. The summed E-state index contributed by atoms with van der Waals surface area (Å²) in [4.78, 5) is 2.84. The number of methoxy groups -OCH3 is 2. The Morgan fingerprint density at radius 1 is 1.14 bits per heavy atom. The van der Waals surface area contributed by atoms with Gasteiger partial charge in [0.05, 0.1) is 4.83 Å². The van der Waals surface area contributed by atoms with E-state index in [0.717, 1.165) is 53.3 Å². The van der Waals surface area contributed by atoms with Gasteiger partial charge in [-0.15, -0.1) is 0 Å². The lowest BCUT2D eigenvalue weighted by molar-refractivity contribution is -0.287. The van der Waals surface area contributed by atoms with Crippen LogP contribution >= 0.6 is 31.9 Å². The van der Waals surface area contributed by atoms with Gasteiger partial charge < -0.3 is 18.9 Å². The molecule has 1 spiro atoms. The largest absolute Gasteiger partial charge is 0.485 e. The number of ether oxygens (including phenoxy) is 4. The highest BCUT2D eigenvalue weighted by molar-refractivity contribution is 9.10. The molecule has 0 radical (unpaired) electrons. The van der Waals surface area contributed by atoms with Crippen molar-refractivity contribution in [3.63, 3.8) is 0 Å². The van der Waals surface area contributed by atoms with Crippen molar-refractivity contribution in [1.29, 1.82) is 0 Å². The molecule has 3 aliphatic carbocycles. The van der Waals surface area contributed by atoms with Gasteiger partial charge in [-0.3, -0.25) is 4.90 Å². The van der Waals surface area contributed by atoms with Crippen molar-refractivity contribution in [2.24, 2.45) is 11.8 Å². The summed E-state index contributed by atoms with van der Waals surface area (Å²) in [7, 11) is 3.51. The van der Waals surface area contributed by atoms with Gasteiger partial charge in [-0.1, -0.05) is 62.2 Å². The molecule has 2 aromatic rings. The third-order valence-corrected chi connectivity index (χ3v) is 11.3. The van der Waals surface area contributed by atoms with Gasteiger partial charge in [0.15, 0.2) is 17.6 Å². The molecule has 2 saturated carbocycles. The minimum Gasteiger partial charge on any atom is -0.485 e. The first-order chi connectivity index (χ1) is 17.5. The lowest BCUT2D eigenvalue weighted by atomic mass is 9.50. The van der Waals surface area contributed by atoms with E-state index in [4.69, 9.17) is 18.9 Å². The van der Waals surface area contributed by atoms with Crippen molar-refractivity contribution in [3.8, 4) is 11.5 Å². The van der Waals surface area contributed by atoms with E-state index in [0.29, 0.717) is 18.6 Å². The lowest BCUT2D eigenvalue weighted by Crippen LogP contribution is -2.74. The second-order valence-electron chi connectivity index (χ2n) is 11.3. The van der Waals surface area contributed by atoms with Crippen LogP contribution < -0.4 is 9.47 Å². The molecule has 5 atom stereocenters. The Bertz CT molecular complexity index is 1170. The highest BCUT2D eigenvalue weighted by Crippen LogP contribution is 2.67. The fraction of sp³-hybridized carbons (Fsp3) is 0.586. The Hall–Kier alpha value is -1.12. The number of nitrogens with zero attached hydrogens (tertiary/aromatic N) is 1. The summed E-state index contributed by atoms with van der Waals surface area (Å²) in [6.07, 6.45) is 5.62. The Labute approximate surface area is 230 Å². The Balaban J connectivity index is 1.36. The first-order valence-corrected chi connectivity index (χ1v) is 14.9. The Morgan fingerprint density at radius 2 is 1.92 bits per heavy atom. The van der Waals surface area contributed by atoms with E-state index in [9.17, 15) is 0 Å². The van der Waals surface area contributed by atoms with Crippen molar-refractivity contribution < 1.29 is 18.9 Å². The molecule has 7 rings (SSSR count). The molecule has 0 amide bonds. The third kappa shape index (κ3) is 3.28. The summed E-state index contributed by atoms with van der Waals surface area (Å²) in [6.45, 7) is 2.83. The van der Waals surface area contributed by atoms with Gasteiger partial charge in [-0.05, 0) is 67.7 Å². The predicted octanol–water partition coefficient (Wildman–Crippen LogP) is 5.84. The molecule has 2 aliphatic heterocycles. The van der Waals surface area contributed by atoms with Crippen LogP contribution in [-0.2, 0) is 27.9 Å². The fourth-order valence-corrected chi connectivity index (χ4v) is 9.40. The number of hydrogen-bond donors (Lipinski definition) is 0. The molecule has 7 heteroatoms. The molecule has 36 heavy (non-hydrogen) atoms. The monoisotopic (exact) mass is 617 g/mol. The third-order valence-electron chi connectivity index (χ3n) is 9.62. The Kier molecular flexibility index (Phi) is 5.79. The summed E-state index contributed by atoms with van der Waals surface area (Å²) in [6, 6.07) is 12.9. The topological polar surface area (TPSA) is 40.2 Å². The summed E-state index contributed by atoms with van der Waals surface area (Å²) >= 11 is 7.97. The summed E-state index contributed by atoms with van der Waals surface area (Å²) < 4.78 is 27.0. The van der Waals surface area contributed by atoms with Gasteiger partial charge in [0, 0.05) is 42.3 Å². The molecule has 5 nitrogen and oxygen atoms in total. The number of piperidine rings is 1. The average Bonchev–Trinajstić information content (AvgIpc) is 3.64. The van der Waals surface area contributed by atoms with E-state index in [1.807, 2.05) is 18.2 Å². The van der Waals surface area contributed by atoms with Gasteiger partial charge in [0.2, 0.25) is 5.79 Å². The van der Waals surface area contributed by atoms with Gasteiger partial charge in [-0.25, -0.2) is 0 Å². The van der Waals surface area contributed by atoms with Gasteiger partial charge in [0.25, 0.3) is 0 Å². The summed E-state index contributed by atoms with van der Waals surface area (Å²) in [5.41, 5.74) is 3.71. The van der Waals surface area contributed by atoms with Crippen LogP contribution in [0.1, 0.15) is 42.4 Å². The Morgan fingerprint density at radius 3 is 2.64 bits per heavy atom. The van der Waals surface area contributed by atoms with E-state index in [-0.39, 0.29) is 16.3 Å². The second-order valence-corrected chi connectivity index (χ2v) is 13.2. The van der Waals surface area contributed by atoms with E-state index >= 15 is 0 Å². The van der Waals surface area contributed by atoms with Crippen LogP contribution in [0.3, 0.4) is 0 Å². The van der Waals surface area contributed by atoms with Crippen molar-refractivity contribution in [1.82, 2.24) is 4.90 Å². The standard InChI is InChI=1S/C29H33Br2NO4/c1-33-29(34-2)24(31)13-20-22-12-19-21(30)14-23(35-16-18-6-4-3-5-7-18)26-25(19)28(20,27(29)36-26)10-11-32(22)15-17-8-9-17/h3-7,14,17,20,22,24,27H,8-13,15-16H2,1-2H3/t20?,22?,24?,27-,28+/m0/s1. The van der Waals surface area contributed by atoms with E-state index in [2.05, 4.69) is 55.0 Å². The van der Waals surface area contributed by atoms with Crippen LogP contribution in [0.25, 0.3) is 0 Å². The minimum atomic E-state index is -0.865. The van der Waals surface area contributed by atoms with Gasteiger partial charge >= 0.3 is 0 Å². The van der Waals surface area contributed by atoms with E-state index in [1.54, 1.807) is 14.2 Å². The molecule has 0 aromatic heterocycles. The minimum absolute atomic E-state index is 0.0412. The number of likely N-dealkylation sites (tertiary alicyclic amines) is 1. The van der Waals surface area contributed by atoms with Crippen LogP contribution in [0.2, 0.25) is 0 Å². The van der Waals surface area contributed by atoms with Crippen LogP contribution in [0.5, 0.6) is 11.5 Å². The zero-order valence-corrected chi connectivity index (χ0v) is 24.0. The number of rotatable bonds is 7. The SMILES string of the molecule is COC1(OC)C(Br)CC2C3Cc4c(Br)cc(OCc5ccccc5)c5c4[C@]2(CCN3CC2CC2)[C@@H]1O5. The normalized spacial score (nSPS) is 33.7. The average molecular weight is 619 g/mol. The summed E-state index contributed by atoms with van der Waals surface area (Å²) in [5, 5.41) is 0. The smallest absolute Gasteiger partial charge is 0.219 e. The van der Waals surface area contributed by atoms with E-state index < -0.39 is 5.79 Å². The molecule has 1 saturated heterocycles. The lowest BCUT2D eigenvalue weighted by Gasteiger charge is -2.62. The van der Waals surface area contributed by atoms with Crippen molar-refractivity contribution in [2.45, 2.75) is 66.9 Å². The van der Waals surface area contributed by atoms with E-state index in [1.165, 1.54) is 30.5 Å². The zero-order valence-electron chi connectivity index (χ0n) is 20.8. The number of halogens is 2. The molecule has 2 heterocycles. The number of hydrogen-bond acceptors (Lipinski definition) is 5. The molecule has 2 aromatic carbocycles. The molecular formula is C29H33Br2NO4. The van der Waals surface area contributed by atoms with Crippen molar-refractivity contribution >= 4 is 31.9 Å². The summed E-state index contributed by atoms with van der Waals surface area (Å²) in [5.74, 6) is 2.19. The quantitative estimate of drug-likeness (QED) is 0.288. The fourth-order valence-electron chi connectivity index (χ4n) is 7.82. The maximum atomic E-state index is 7.01. The van der Waals surface area contributed by atoms with Gasteiger partial charge in [0.1, 0.15) is 6.61 Å². The molecule has 0 N–H and O–H groups in total. The van der Waals surface area contributed by atoms with Crippen LogP contribution in [0.4, 0.5) is 0 Å². The number of benzene rings is 2. The van der Waals surface area contributed by atoms with Crippen LogP contribution in [-0.4, -0.2) is 55.0 Å².